The summed E-state index contributed by atoms with van der Waals surface area (Å²) in [5.74, 6) is 0.245. The zero-order valence-corrected chi connectivity index (χ0v) is 11.3. The van der Waals surface area contributed by atoms with Gasteiger partial charge in [-0.15, -0.1) is 0 Å². The molecule has 1 fully saturated rings. The predicted molar refractivity (Wildman–Crippen MR) is 73.5 cm³/mol. The molecule has 0 aromatic heterocycles. The topological polar surface area (TPSA) is 32.3 Å². The molecule has 1 aromatic rings. The molecule has 1 amide bonds. The van der Waals surface area contributed by atoms with Crippen molar-refractivity contribution in [1.82, 2.24) is 10.2 Å². The van der Waals surface area contributed by atoms with Gasteiger partial charge in [-0.05, 0) is 32.4 Å². The molecule has 3 heteroatoms. The van der Waals surface area contributed by atoms with E-state index < -0.39 is 0 Å². The first-order valence-corrected chi connectivity index (χ1v) is 6.76. The lowest BCUT2D eigenvalue weighted by atomic mass is 10.1. The van der Waals surface area contributed by atoms with Gasteiger partial charge in [-0.2, -0.15) is 0 Å². The van der Waals surface area contributed by atoms with E-state index in [2.05, 4.69) is 31.3 Å². The molecule has 1 saturated heterocycles. The van der Waals surface area contributed by atoms with Crippen LogP contribution < -0.4 is 5.32 Å². The Kier molecular flexibility index (Phi) is 4.37. The van der Waals surface area contributed by atoms with Gasteiger partial charge >= 0.3 is 0 Å². The minimum atomic E-state index is 0.245. The van der Waals surface area contributed by atoms with E-state index in [-0.39, 0.29) is 5.91 Å². The lowest BCUT2D eigenvalue weighted by Gasteiger charge is -2.27. The number of hydrogen-bond acceptors (Lipinski definition) is 2. The molecule has 1 aromatic carbocycles. The minimum Gasteiger partial charge on any atom is -0.338 e. The summed E-state index contributed by atoms with van der Waals surface area (Å²) < 4.78 is 0. The number of benzene rings is 1. The van der Waals surface area contributed by atoms with Gasteiger partial charge in [-0.25, -0.2) is 0 Å². The monoisotopic (exact) mass is 246 g/mol. The van der Waals surface area contributed by atoms with Gasteiger partial charge in [-0.3, -0.25) is 4.79 Å². The van der Waals surface area contributed by atoms with Crippen molar-refractivity contribution in [2.45, 2.75) is 32.7 Å². The Morgan fingerprint density at radius 3 is 2.67 bits per heavy atom. The lowest BCUT2D eigenvalue weighted by molar-refractivity contribution is -0.132. The van der Waals surface area contributed by atoms with Gasteiger partial charge in [0, 0.05) is 19.1 Å². The van der Waals surface area contributed by atoms with E-state index in [0.29, 0.717) is 12.5 Å². The number of rotatable bonds is 4. The SMILES string of the molecule is CCN(C(=O)Cc1ccc(C)cc1)C1CCNC1. The van der Waals surface area contributed by atoms with Gasteiger partial charge in [-0.1, -0.05) is 29.8 Å². The van der Waals surface area contributed by atoms with E-state index in [0.717, 1.165) is 31.6 Å². The highest BCUT2D eigenvalue weighted by Gasteiger charge is 2.24. The van der Waals surface area contributed by atoms with Gasteiger partial charge in [0.15, 0.2) is 0 Å². The smallest absolute Gasteiger partial charge is 0.227 e. The highest BCUT2D eigenvalue weighted by molar-refractivity contribution is 5.79. The minimum absolute atomic E-state index is 0.245. The summed E-state index contributed by atoms with van der Waals surface area (Å²) in [7, 11) is 0. The molecule has 1 aliphatic heterocycles. The van der Waals surface area contributed by atoms with Crippen molar-refractivity contribution in [3.05, 3.63) is 35.4 Å². The molecule has 2 rings (SSSR count). The quantitative estimate of drug-likeness (QED) is 0.878. The van der Waals surface area contributed by atoms with E-state index in [1.807, 2.05) is 17.0 Å². The molecule has 18 heavy (non-hydrogen) atoms. The zero-order chi connectivity index (χ0) is 13.0. The molecular weight excluding hydrogens is 224 g/mol. The molecular formula is C15H22N2O. The molecule has 1 N–H and O–H groups in total. The number of carbonyl (C=O) groups excluding carboxylic acids is 1. The molecule has 3 nitrogen and oxygen atoms in total. The highest BCUT2D eigenvalue weighted by atomic mass is 16.2. The number of hydrogen-bond donors (Lipinski definition) is 1. The van der Waals surface area contributed by atoms with E-state index in [4.69, 9.17) is 0 Å². The summed E-state index contributed by atoms with van der Waals surface area (Å²) in [6.07, 6.45) is 1.60. The summed E-state index contributed by atoms with van der Waals surface area (Å²) in [5.41, 5.74) is 2.34. The zero-order valence-electron chi connectivity index (χ0n) is 11.3. The molecule has 1 heterocycles. The number of nitrogens with one attached hydrogen (secondary N) is 1. The Morgan fingerprint density at radius 2 is 2.11 bits per heavy atom. The maximum atomic E-state index is 12.3. The summed E-state index contributed by atoms with van der Waals surface area (Å²) in [5, 5.41) is 3.32. The fourth-order valence-electron chi connectivity index (χ4n) is 2.53. The van der Waals surface area contributed by atoms with Gasteiger partial charge in [0.25, 0.3) is 0 Å². The van der Waals surface area contributed by atoms with Crippen LogP contribution in [0.2, 0.25) is 0 Å². The molecule has 0 bridgehead atoms. The Bertz CT molecular complexity index is 393. The second-order valence-corrected chi connectivity index (χ2v) is 4.99. The van der Waals surface area contributed by atoms with E-state index in [9.17, 15) is 4.79 Å². The van der Waals surface area contributed by atoms with E-state index >= 15 is 0 Å². The number of likely N-dealkylation sites (N-methyl/N-ethyl adjacent to an activating group) is 1. The Labute approximate surface area is 109 Å². The molecule has 1 aliphatic rings. The first-order valence-electron chi connectivity index (χ1n) is 6.76. The van der Waals surface area contributed by atoms with Crippen molar-refractivity contribution in [2.24, 2.45) is 0 Å². The third-order valence-corrected chi connectivity index (χ3v) is 3.61. The van der Waals surface area contributed by atoms with Crippen molar-refractivity contribution in [3.8, 4) is 0 Å². The van der Waals surface area contributed by atoms with Crippen molar-refractivity contribution in [3.63, 3.8) is 0 Å². The van der Waals surface area contributed by atoms with Gasteiger partial charge in [0.05, 0.1) is 6.42 Å². The average molecular weight is 246 g/mol. The summed E-state index contributed by atoms with van der Waals surface area (Å²) >= 11 is 0. The highest BCUT2D eigenvalue weighted by Crippen LogP contribution is 2.12. The predicted octanol–water partition coefficient (Wildman–Crippen LogP) is 1.75. The number of carbonyl (C=O) groups is 1. The van der Waals surface area contributed by atoms with Crippen molar-refractivity contribution < 1.29 is 4.79 Å². The van der Waals surface area contributed by atoms with Crippen LogP contribution in [0.4, 0.5) is 0 Å². The molecule has 98 valence electrons. The van der Waals surface area contributed by atoms with Crippen LogP contribution >= 0.6 is 0 Å². The van der Waals surface area contributed by atoms with Crippen molar-refractivity contribution in [2.75, 3.05) is 19.6 Å². The Hall–Kier alpha value is -1.35. The summed E-state index contributed by atoms with van der Waals surface area (Å²) in [4.78, 5) is 14.3. The van der Waals surface area contributed by atoms with E-state index in [1.165, 1.54) is 5.56 Å². The largest absolute Gasteiger partial charge is 0.338 e. The molecule has 0 aliphatic carbocycles. The van der Waals surface area contributed by atoms with Crippen LogP contribution in [0.1, 0.15) is 24.5 Å². The van der Waals surface area contributed by atoms with Crippen LogP contribution in [0.25, 0.3) is 0 Å². The fraction of sp³-hybridized carbons (Fsp3) is 0.533. The lowest BCUT2D eigenvalue weighted by Crippen LogP contribution is -2.42. The van der Waals surface area contributed by atoms with Crippen LogP contribution in [-0.4, -0.2) is 36.5 Å². The fourth-order valence-corrected chi connectivity index (χ4v) is 2.53. The van der Waals surface area contributed by atoms with Crippen molar-refractivity contribution in [1.29, 1.82) is 0 Å². The van der Waals surface area contributed by atoms with Gasteiger partial charge in [0.1, 0.15) is 0 Å². The summed E-state index contributed by atoms with van der Waals surface area (Å²) in [6, 6.07) is 8.61. The van der Waals surface area contributed by atoms with Crippen LogP contribution in [0.15, 0.2) is 24.3 Å². The maximum Gasteiger partial charge on any atom is 0.227 e. The third kappa shape index (κ3) is 3.10. The van der Waals surface area contributed by atoms with Crippen molar-refractivity contribution >= 4 is 5.91 Å². The van der Waals surface area contributed by atoms with Crippen LogP contribution in [0.5, 0.6) is 0 Å². The van der Waals surface area contributed by atoms with Crippen LogP contribution in [0, 0.1) is 6.92 Å². The molecule has 1 atom stereocenters. The second-order valence-electron chi connectivity index (χ2n) is 4.99. The van der Waals surface area contributed by atoms with Gasteiger partial charge < -0.3 is 10.2 Å². The molecule has 0 saturated carbocycles. The van der Waals surface area contributed by atoms with Crippen LogP contribution in [0.3, 0.4) is 0 Å². The number of amides is 1. The second kappa shape index (κ2) is 6.01. The average Bonchev–Trinajstić information content (AvgIpc) is 2.87. The molecule has 1 unspecified atom stereocenters. The third-order valence-electron chi connectivity index (χ3n) is 3.61. The molecule has 0 spiro atoms. The maximum absolute atomic E-state index is 12.3. The first-order chi connectivity index (χ1) is 8.70. The standard InChI is InChI=1S/C15H22N2O/c1-3-17(14-8-9-16-11-14)15(18)10-13-6-4-12(2)5-7-13/h4-7,14,16H,3,8-11H2,1-2H3. The Morgan fingerprint density at radius 1 is 1.39 bits per heavy atom. The van der Waals surface area contributed by atoms with Gasteiger partial charge in [0.2, 0.25) is 5.91 Å². The number of nitrogens with zero attached hydrogens (tertiary/aromatic N) is 1. The van der Waals surface area contributed by atoms with Crippen LogP contribution in [-0.2, 0) is 11.2 Å². The number of aryl methyl sites for hydroxylation is 1. The first kappa shape index (κ1) is 13.1. The Balaban J connectivity index is 1.98. The summed E-state index contributed by atoms with van der Waals surface area (Å²) in [6.45, 7) is 6.89. The molecule has 0 radical (unpaired) electrons. The van der Waals surface area contributed by atoms with E-state index in [1.54, 1.807) is 0 Å². The normalized spacial score (nSPS) is 18.9.